The molecule has 1 aromatic carbocycles. The topological polar surface area (TPSA) is 53.1 Å². The Bertz CT molecular complexity index is 950. The standard InChI is InChI=1S/C21H19N3OS/c22-12-16-13-23-14-20(26)21(16)19-9-8-18(25-19)15-4-6-17(7-5-15)24-10-2-1-3-11-24/h4-9,13-14,26H,1-3,10-11H2. The minimum Gasteiger partial charge on any atom is -0.456 e. The third kappa shape index (κ3) is 3.21. The zero-order chi connectivity index (χ0) is 17.9. The fraction of sp³-hybridized carbons (Fsp3) is 0.238. The average molecular weight is 361 g/mol. The minimum absolute atomic E-state index is 0.457. The van der Waals surface area contributed by atoms with Crippen molar-refractivity contribution in [1.82, 2.24) is 4.98 Å². The molecule has 0 atom stereocenters. The maximum atomic E-state index is 9.31. The van der Waals surface area contributed by atoms with Crippen molar-refractivity contribution in [3.8, 4) is 28.7 Å². The van der Waals surface area contributed by atoms with Crippen molar-refractivity contribution in [1.29, 1.82) is 5.26 Å². The number of thiol groups is 1. The van der Waals surface area contributed by atoms with Crippen molar-refractivity contribution in [3.05, 3.63) is 54.4 Å². The molecule has 0 saturated carbocycles. The number of hydrogen-bond donors (Lipinski definition) is 1. The van der Waals surface area contributed by atoms with E-state index in [1.54, 1.807) is 6.20 Å². The number of nitrogens with zero attached hydrogens (tertiary/aromatic N) is 3. The Morgan fingerprint density at radius 1 is 0.962 bits per heavy atom. The van der Waals surface area contributed by atoms with Gasteiger partial charge in [-0.3, -0.25) is 4.98 Å². The van der Waals surface area contributed by atoms with Crippen LogP contribution in [0.15, 0.2) is 58.1 Å². The summed E-state index contributed by atoms with van der Waals surface area (Å²) in [5.74, 6) is 1.41. The Kier molecular flexibility index (Phi) is 4.68. The Labute approximate surface area is 158 Å². The highest BCUT2D eigenvalue weighted by atomic mass is 32.1. The molecule has 1 fully saturated rings. The zero-order valence-corrected chi connectivity index (χ0v) is 15.2. The average Bonchev–Trinajstić information content (AvgIpc) is 3.18. The molecular formula is C21H19N3OS. The lowest BCUT2D eigenvalue weighted by Gasteiger charge is -2.28. The lowest BCUT2D eigenvalue weighted by Crippen LogP contribution is -2.29. The van der Waals surface area contributed by atoms with Crippen molar-refractivity contribution in [2.45, 2.75) is 24.2 Å². The van der Waals surface area contributed by atoms with Crippen molar-refractivity contribution < 1.29 is 4.42 Å². The summed E-state index contributed by atoms with van der Waals surface area (Å²) in [6.45, 7) is 2.27. The van der Waals surface area contributed by atoms with E-state index in [2.05, 4.69) is 52.8 Å². The largest absolute Gasteiger partial charge is 0.456 e. The summed E-state index contributed by atoms with van der Waals surface area (Å²) in [4.78, 5) is 7.08. The van der Waals surface area contributed by atoms with E-state index in [4.69, 9.17) is 4.42 Å². The van der Waals surface area contributed by atoms with Crippen LogP contribution in [0, 0.1) is 11.3 Å². The Hall–Kier alpha value is -2.71. The smallest absolute Gasteiger partial charge is 0.137 e. The Morgan fingerprint density at radius 3 is 2.42 bits per heavy atom. The van der Waals surface area contributed by atoms with E-state index in [0.29, 0.717) is 21.8 Å². The molecule has 26 heavy (non-hydrogen) atoms. The second-order valence-electron chi connectivity index (χ2n) is 6.45. The van der Waals surface area contributed by atoms with Crippen LogP contribution in [-0.4, -0.2) is 18.1 Å². The van der Waals surface area contributed by atoms with Crippen LogP contribution in [-0.2, 0) is 0 Å². The van der Waals surface area contributed by atoms with E-state index in [1.165, 1.54) is 31.1 Å². The van der Waals surface area contributed by atoms with E-state index in [0.717, 1.165) is 24.4 Å². The second kappa shape index (κ2) is 7.27. The quantitative estimate of drug-likeness (QED) is 0.655. The van der Waals surface area contributed by atoms with Crippen LogP contribution in [0.1, 0.15) is 24.8 Å². The second-order valence-corrected chi connectivity index (χ2v) is 6.93. The molecule has 0 amide bonds. The zero-order valence-electron chi connectivity index (χ0n) is 14.4. The summed E-state index contributed by atoms with van der Waals surface area (Å²) in [5, 5.41) is 9.31. The molecule has 5 heteroatoms. The molecule has 2 aromatic heterocycles. The molecule has 1 saturated heterocycles. The van der Waals surface area contributed by atoms with Crippen LogP contribution in [0.2, 0.25) is 0 Å². The lowest BCUT2D eigenvalue weighted by atomic mass is 10.1. The number of aromatic nitrogens is 1. The molecule has 0 bridgehead atoms. The normalized spacial score (nSPS) is 14.2. The van der Waals surface area contributed by atoms with Crippen molar-refractivity contribution in [2.75, 3.05) is 18.0 Å². The monoisotopic (exact) mass is 361 g/mol. The maximum Gasteiger partial charge on any atom is 0.137 e. The summed E-state index contributed by atoms with van der Waals surface area (Å²) < 4.78 is 6.02. The van der Waals surface area contributed by atoms with Gasteiger partial charge in [0.1, 0.15) is 17.6 Å². The van der Waals surface area contributed by atoms with Gasteiger partial charge in [-0.2, -0.15) is 5.26 Å². The number of anilines is 1. The van der Waals surface area contributed by atoms with Gasteiger partial charge in [-0.25, -0.2) is 0 Å². The molecule has 1 aliphatic heterocycles. The Balaban J connectivity index is 1.62. The molecule has 4 nitrogen and oxygen atoms in total. The van der Waals surface area contributed by atoms with E-state index < -0.39 is 0 Å². The SMILES string of the molecule is N#Cc1cncc(S)c1-c1ccc(-c2ccc(N3CCCCC3)cc2)o1. The van der Waals surface area contributed by atoms with Gasteiger partial charge in [-0.05, 0) is 55.7 Å². The van der Waals surface area contributed by atoms with Crippen molar-refractivity contribution >= 4 is 18.3 Å². The molecule has 1 aliphatic rings. The number of benzene rings is 1. The van der Waals surface area contributed by atoms with Crippen LogP contribution in [0.25, 0.3) is 22.6 Å². The molecule has 0 N–H and O–H groups in total. The van der Waals surface area contributed by atoms with E-state index in [1.807, 2.05) is 12.1 Å². The van der Waals surface area contributed by atoms with E-state index in [-0.39, 0.29) is 0 Å². The summed E-state index contributed by atoms with van der Waals surface area (Å²) >= 11 is 4.42. The first kappa shape index (κ1) is 16.7. The first-order valence-electron chi connectivity index (χ1n) is 8.79. The number of piperidine rings is 1. The minimum atomic E-state index is 0.457. The lowest BCUT2D eigenvalue weighted by molar-refractivity contribution is 0.577. The predicted molar refractivity (Wildman–Crippen MR) is 105 cm³/mol. The number of hydrogen-bond acceptors (Lipinski definition) is 5. The maximum absolute atomic E-state index is 9.31. The van der Waals surface area contributed by atoms with Gasteiger partial charge < -0.3 is 9.32 Å². The molecule has 3 heterocycles. The van der Waals surface area contributed by atoms with Gasteiger partial charge in [0.05, 0.1) is 11.1 Å². The first-order valence-corrected chi connectivity index (χ1v) is 9.23. The third-order valence-electron chi connectivity index (χ3n) is 4.77. The van der Waals surface area contributed by atoms with Gasteiger partial charge in [0.25, 0.3) is 0 Å². The van der Waals surface area contributed by atoms with Crippen LogP contribution in [0.5, 0.6) is 0 Å². The van der Waals surface area contributed by atoms with E-state index in [9.17, 15) is 5.26 Å². The Morgan fingerprint density at radius 2 is 1.69 bits per heavy atom. The molecule has 0 aliphatic carbocycles. The highest BCUT2D eigenvalue weighted by Crippen LogP contribution is 2.34. The fourth-order valence-corrected chi connectivity index (χ4v) is 3.71. The summed E-state index contributed by atoms with van der Waals surface area (Å²) in [6, 6.07) is 14.4. The van der Waals surface area contributed by atoms with Crippen LogP contribution in [0.4, 0.5) is 5.69 Å². The molecule has 130 valence electrons. The van der Waals surface area contributed by atoms with Gasteiger partial charge in [-0.1, -0.05) is 0 Å². The van der Waals surface area contributed by atoms with Gasteiger partial charge >= 0.3 is 0 Å². The van der Waals surface area contributed by atoms with Crippen molar-refractivity contribution in [2.24, 2.45) is 0 Å². The summed E-state index contributed by atoms with van der Waals surface area (Å²) in [6.07, 6.45) is 7.02. The molecule has 0 radical (unpaired) electrons. The fourth-order valence-electron chi connectivity index (χ4n) is 3.41. The van der Waals surface area contributed by atoms with Crippen LogP contribution >= 0.6 is 12.6 Å². The molecular weight excluding hydrogens is 342 g/mol. The van der Waals surface area contributed by atoms with Gasteiger partial charge in [0, 0.05) is 41.6 Å². The number of furan rings is 1. The summed E-state index contributed by atoms with van der Waals surface area (Å²) in [5.41, 5.74) is 3.42. The van der Waals surface area contributed by atoms with Gasteiger partial charge in [0.2, 0.25) is 0 Å². The highest BCUT2D eigenvalue weighted by Gasteiger charge is 2.15. The van der Waals surface area contributed by atoms with E-state index >= 15 is 0 Å². The van der Waals surface area contributed by atoms with Crippen molar-refractivity contribution in [3.63, 3.8) is 0 Å². The number of rotatable bonds is 3. The molecule has 4 rings (SSSR count). The van der Waals surface area contributed by atoms with Crippen LogP contribution < -0.4 is 4.90 Å². The number of nitriles is 1. The molecule has 0 spiro atoms. The predicted octanol–water partition coefficient (Wildman–Crippen LogP) is 5.16. The first-order chi connectivity index (χ1) is 12.8. The van der Waals surface area contributed by atoms with Crippen LogP contribution in [0.3, 0.4) is 0 Å². The highest BCUT2D eigenvalue weighted by molar-refractivity contribution is 7.80. The number of pyridine rings is 1. The third-order valence-corrected chi connectivity index (χ3v) is 5.11. The van der Waals surface area contributed by atoms with Gasteiger partial charge in [0.15, 0.2) is 0 Å². The summed E-state index contributed by atoms with van der Waals surface area (Å²) in [7, 11) is 0. The van der Waals surface area contributed by atoms with Gasteiger partial charge in [-0.15, -0.1) is 12.6 Å². The molecule has 0 unspecified atom stereocenters. The molecule has 3 aromatic rings.